The van der Waals surface area contributed by atoms with E-state index < -0.39 is 10.0 Å². The number of sulfonamides is 1. The van der Waals surface area contributed by atoms with Gasteiger partial charge in [-0.05, 0) is 31.5 Å². The maximum atomic E-state index is 12.7. The van der Waals surface area contributed by atoms with Crippen molar-refractivity contribution in [3.05, 3.63) is 41.7 Å². The Hall–Kier alpha value is -2.02. The van der Waals surface area contributed by atoms with Crippen molar-refractivity contribution >= 4 is 15.9 Å². The summed E-state index contributed by atoms with van der Waals surface area (Å²) >= 11 is 0. The van der Waals surface area contributed by atoms with E-state index in [4.69, 9.17) is 4.74 Å². The van der Waals surface area contributed by atoms with Gasteiger partial charge in [-0.25, -0.2) is 12.7 Å². The van der Waals surface area contributed by atoms with Crippen LogP contribution in [0.5, 0.6) is 5.75 Å². The molecule has 6 nitrogen and oxygen atoms in total. The summed E-state index contributed by atoms with van der Waals surface area (Å²) in [6, 6.07) is 7.75. The standard InChI is InChI=1S/C17H23N3O3S/c1-12-13(2)18-14(3)20-17(12)10-19(11-24(20,21)22)9-15-5-7-16(23-4)8-6-15/h5-8,10,12-13H,9,11H2,1-4H3/t12?,13-/m0/s1. The summed E-state index contributed by atoms with van der Waals surface area (Å²) in [6.07, 6.45) is 1.96. The quantitative estimate of drug-likeness (QED) is 0.841. The Balaban J connectivity index is 1.91. The minimum Gasteiger partial charge on any atom is -0.497 e. The third-order valence-electron chi connectivity index (χ3n) is 4.58. The van der Waals surface area contributed by atoms with Gasteiger partial charge >= 0.3 is 0 Å². The number of benzene rings is 1. The number of nitrogens with zero attached hydrogens (tertiary/aromatic N) is 3. The molecular formula is C17H23N3O3S. The zero-order valence-electron chi connectivity index (χ0n) is 14.4. The molecule has 0 amide bonds. The van der Waals surface area contributed by atoms with Crippen LogP contribution in [0.3, 0.4) is 0 Å². The van der Waals surface area contributed by atoms with Crippen LogP contribution in [0.2, 0.25) is 0 Å². The zero-order chi connectivity index (χ0) is 17.5. The number of hydrogen-bond acceptors (Lipinski definition) is 5. The molecule has 2 aliphatic rings. The van der Waals surface area contributed by atoms with E-state index in [9.17, 15) is 8.42 Å². The lowest BCUT2D eigenvalue weighted by Gasteiger charge is -2.41. The van der Waals surface area contributed by atoms with Gasteiger partial charge in [0.2, 0.25) is 0 Å². The summed E-state index contributed by atoms with van der Waals surface area (Å²) < 4.78 is 32.0. The monoisotopic (exact) mass is 349 g/mol. The third-order valence-corrected chi connectivity index (χ3v) is 6.27. The molecule has 0 aliphatic carbocycles. The second-order valence-electron chi connectivity index (χ2n) is 6.36. The molecule has 24 heavy (non-hydrogen) atoms. The van der Waals surface area contributed by atoms with Gasteiger partial charge in [0.1, 0.15) is 17.5 Å². The lowest BCUT2D eigenvalue weighted by Crippen LogP contribution is -2.50. The van der Waals surface area contributed by atoms with E-state index >= 15 is 0 Å². The van der Waals surface area contributed by atoms with Crippen LogP contribution in [0.4, 0.5) is 0 Å². The summed E-state index contributed by atoms with van der Waals surface area (Å²) in [5.74, 6) is 1.35. The normalized spacial score (nSPS) is 25.7. The van der Waals surface area contributed by atoms with E-state index in [-0.39, 0.29) is 17.8 Å². The smallest absolute Gasteiger partial charge is 0.258 e. The van der Waals surface area contributed by atoms with Crippen molar-refractivity contribution in [1.29, 1.82) is 0 Å². The Bertz CT molecular complexity index is 784. The van der Waals surface area contributed by atoms with Crippen LogP contribution >= 0.6 is 0 Å². The fourth-order valence-electron chi connectivity index (χ4n) is 3.16. The van der Waals surface area contributed by atoms with Crippen molar-refractivity contribution in [2.45, 2.75) is 33.4 Å². The fourth-order valence-corrected chi connectivity index (χ4v) is 4.84. The highest BCUT2D eigenvalue weighted by Crippen LogP contribution is 2.33. The van der Waals surface area contributed by atoms with Crippen molar-refractivity contribution < 1.29 is 13.2 Å². The number of rotatable bonds is 3. The van der Waals surface area contributed by atoms with E-state index in [0.717, 1.165) is 17.0 Å². The van der Waals surface area contributed by atoms with Crippen LogP contribution in [-0.2, 0) is 16.6 Å². The second-order valence-corrected chi connectivity index (χ2v) is 8.15. The molecule has 1 aromatic carbocycles. The summed E-state index contributed by atoms with van der Waals surface area (Å²) in [5, 5.41) is 0. The molecule has 130 valence electrons. The summed E-state index contributed by atoms with van der Waals surface area (Å²) in [5.41, 5.74) is 1.84. The van der Waals surface area contributed by atoms with Crippen LogP contribution in [-0.4, -0.2) is 42.5 Å². The van der Waals surface area contributed by atoms with Crippen LogP contribution in [0.1, 0.15) is 26.3 Å². The highest BCUT2D eigenvalue weighted by Gasteiger charge is 2.39. The van der Waals surface area contributed by atoms with Crippen LogP contribution in [0, 0.1) is 5.92 Å². The zero-order valence-corrected chi connectivity index (χ0v) is 15.2. The number of ether oxygens (including phenoxy) is 1. The van der Waals surface area contributed by atoms with Crippen molar-refractivity contribution in [2.24, 2.45) is 10.9 Å². The average Bonchev–Trinajstić information content (AvgIpc) is 2.52. The molecule has 0 saturated heterocycles. The Labute approximate surface area is 143 Å². The Morgan fingerprint density at radius 1 is 1.25 bits per heavy atom. The summed E-state index contributed by atoms with van der Waals surface area (Å²) in [7, 11) is -1.81. The van der Waals surface area contributed by atoms with E-state index in [1.165, 1.54) is 4.31 Å². The largest absolute Gasteiger partial charge is 0.497 e. The maximum Gasteiger partial charge on any atom is 0.258 e. The van der Waals surface area contributed by atoms with Gasteiger partial charge in [0, 0.05) is 18.7 Å². The van der Waals surface area contributed by atoms with Gasteiger partial charge in [0.05, 0.1) is 18.8 Å². The van der Waals surface area contributed by atoms with Gasteiger partial charge in [-0.1, -0.05) is 19.1 Å². The summed E-state index contributed by atoms with van der Waals surface area (Å²) in [6.45, 7) is 6.33. The number of hydrogen-bond donors (Lipinski definition) is 0. The number of amidine groups is 1. The van der Waals surface area contributed by atoms with E-state index in [0.29, 0.717) is 12.4 Å². The predicted molar refractivity (Wildman–Crippen MR) is 94.0 cm³/mol. The first-order valence-corrected chi connectivity index (χ1v) is 9.59. The van der Waals surface area contributed by atoms with Crippen LogP contribution in [0.15, 0.2) is 41.2 Å². The Kier molecular flexibility index (Phi) is 4.29. The Morgan fingerprint density at radius 3 is 2.54 bits per heavy atom. The highest BCUT2D eigenvalue weighted by atomic mass is 32.2. The first-order chi connectivity index (χ1) is 11.3. The first-order valence-electron chi connectivity index (χ1n) is 7.98. The molecule has 0 N–H and O–H groups in total. The lowest BCUT2D eigenvalue weighted by molar-refractivity contribution is 0.350. The molecule has 2 atom stereocenters. The van der Waals surface area contributed by atoms with Crippen molar-refractivity contribution in [3.8, 4) is 5.75 Å². The van der Waals surface area contributed by atoms with E-state index in [1.54, 1.807) is 14.0 Å². The number of methoxy groups -OCH3 is 1. The summed E-state index contributed by atoms with van der Waals surface area (Å²) in [4.78, 5) is 6.31. The van der Waals surface area contributed by atoms with Crippen LogP contribution in [0.25, 0.3) is 0 Å². The maximum absolute atomic E-state index is 12.7. The van der Waals surface area contributed by atoms with E-state index in [1.807, 2.05) is 49.2 Å². The molecule has 2 heterocycles. The molecule has 1 unspecified atom stereocenters. The fraction of sp³-hybridized carbons (Fsp3) is 0.471. The molecule has 0 spiro atoms. The van der Waals surface area contributed by atoms with E-state index in [2.05, 4.69) is 4.99 Å². The molecule has 0 aromatic heterocycles. The van der Waals surface area contributed by atoms with Crippen molar-refractivity contribution in [1.82, 2.24) is 9.21 Å². The molecule has 0 fully saturated rings. The Morgan fingerprint density at radius 2 is 1.92 bits per heavy atom. The molecule has 3 rings (SSSR count). The van der Waals surface area contributed by atoms with Gasteiger partial charge in [-0.2, -0.15) is 0 Å². The minimum atomic E-state index is -3.44. The molecular weight excluding hydrogens is 326 g/mol. The van der Waals surface area contributed by atoms with Gasteiger partial charge in [-0.3, -0.25) is 4.99 Å². The van der Waals surface area contributed by atoms with Gasteiger partial charge in [0.25, 0.3) is 10.0 Å². The average molecular weight is 349 g/mol. The highest BCUT2D eigenvalue weighted by molar-refractivity contribution is 7.89. The molecule has 0 radical (unpaired) electrons. The first kappa shape index (κ1) is 16.8. The number of fused-ring (bicyclic) bond motifs is 1. The van der Waals surface area contributed by atoms with Gasteiger partial charge in [-0.15, -0.1) is 0 Å². The molecule has 0 saturated carbocycles. The van der Waals surface area contributed by atoms with Crippen molar-refractivity contribution in [2.75, 3.05) is 13.0 Å². The number of aliphatic imine (C=N–C) groups is 1. The third kappa shape index (κ3) is 3.00. The molecule has 7 heteroatoms. The van der Waals surface area contributed by atoms with Crippen molar-refractivity contribution in [3.63, 3.8) is 0 Å². The molecule has 2 aliphatic heterocycles. The molecule has 1 aromatic rings. The minimum absolute atomic E-state index is 0.0451. The predicted octanol–water partition coefficient (Wildman–Crippen LogP) is 2.40. The van der Waals surface area contributed by atoms with Gasteiger partial charge < -0.3 is 9.64 Å². The van der Waals surface area contributed by atoms with Gasteiger partial charge in [0.15, 0.2) is 0 Å². The lowest BCUT2D eigenvalue weighted by atomic mass is 9.98. The SMILES string of the molecule is COc1ccc(CN2C=C3C(C)[C@H](C)N=C(C)N3S(=O)(=O)C2)cc1. The second kappa shape index (κ2) is 6.12. The topological polar surface area (TPSA) is 62.2 Å². The van der Waals surface area contributed by atoms with Crippen LogP contribution < -0.4 is 4.74 Å². The molecule has 0 bridgehead atoms.